The molecule has 0 amide bonds. The molecule has 0 aliphatic carbocycles. The van der Waals surface area contributed by atoms with E-state index in [-0.39, 0.29) is 5.97 Å². The van der Waals surface area contributed by atoms with Crippen molar-refractivity contribution in [3.63, 3.8) is 0 Å². The molecule has 0 aromatic carbocycles. The lowest BCUT2D eigenvalue weighted by atomic mass is 10.1. The first-order chi connectivity index (χ1) is 9.67. The van der Waals surface area contributed by atoms with Gasteiger partial charge in [0.2, 0.25) is 0 Å². The predicted octanol–water partition coefficient (Wildman–Crippen LogP) is 2.00. The van der Waals surface area contributed by atoms with Crippen LogP contribution in [-0.4, -0.2) is 49.1 Å². The van der Waals surface area contributed by atoms with Crippen molar-refractivity contribution in [1.82, 2.24) is 9.88 Å². The topological polar surface area (TPSA) is 54.5 Å². The maximum Gasteiger partial charge on any atom is 0.306 e. The second-order valence-electron chi connectivity index (χ2n) is 5.25. The van der Waals surface area contributed by atoms with Crippen molar-refractivity contribution in [3.8, 4) is 0 Å². The van der Waals surface area contributed by atoms with E-state index in [1.165, 1.54) is 13.0 Å². The fraction of sp³-hybridized carbons (Fsp3) is 0.714. The molecule has 112 valence electrons. The van der Waals surface area contributed by atoms with Gasteiger partial charge in [0.1, 0.15) is 0 Å². The van der Waals surface area contributed by atoms with Gasteiger partial charge in [-0.2, -0.15) is 0 Å². The van der Waals surface area contributed by atoms with Crippen LogP contribution in [0.5, 0.6) is 0 Å². The minimum atomic E-state index is -0.149. The highest BCUT2D eigenvalue weighted by molar-refractivity contribution is 7.13. The van der Waals surface area contributed by atoms with Crippen molar-refractivity contribution >= 4 is 22.4 Å². The third-order valence-electron chi connectivity index (χ3n) is 3.47. The fourth-order valence-electron chi connectivity index (χ4n) is 2.39. The number of carbonyl (C=O) groups excluding carboxylic acids is 1. The highest BCUT2D eigenvalue weighted by Crippen LogP contribution is 2.19. The first-order valence-corrected chi connectivity index (χ1v) is 8.07. The summed E-state index contributed by atoms with van der Waals surface area (Å²) >= 11 is 1.61. The first-order valence-electron chi connectivity index (χ1n) is 7.19. The van der Waals surface area contributed by atoms with E-state index in [0.717, 1.165) is 23.9 Å². The molecule has 1 aliphatic heterocycles. The molecule has 5 nitrogen and oxygen atoms in total. The van der Waals surface area contributed by atoms with E-state index in [1.807, 2.05) is 12.3 Å². The number of likely N-dealkylation sites (tertiary alicyclic amines) is 1. The molecule has 0 spiro atoms. The molecule has 6 heteroatoms. The highest BCUT2D eigenvalue weighted by Gasteiger charge is 2.19. The summed E-state index contributed by atoms with van der Waals surface area (Å²) in [6.07, 6.45) is 2.32. The Labute approximate surface area is 124 Å². The number of nitrogens with zero attached hydrogens (tertiary/aromatic N) is 2. The molecule has 1 saturated heterocycles. The molecule has 1 aromatic rings. The Morgan fingerprint density at radius 3 is 3.20 bits per heavy atom. The van der Waals surface area contributed by atoms with Crippen LogP contribution in [-0.2, 0) is 16.0 Å². The minimum absolute atomic E-state index is 0.149. The molecule has 0 saturated carbocycles. The van der Waals surface area contributed by atoms with E-state index in [9.17, 15) is 4.79 Å². The molecule has 20 heavy (non-hydrogen) atoms. The van der Waals surface area contributed by atoms with Crippen LogP contribution < -0.4 is 5.32 Å². The highest BCUT2D eigenvalue weighted by atomic mass is 32.1. The molecule has 2 heterocycles. The Bertz CT molecular complexity index is 436. The Morgan fingerprint density at radius 2 is 2.50 bits per heavy atom. The number of nitrogens with one attached hydrogen (secondary N) is 1. The van der Waals surface area contributed by atoms with Crippen molar-refractivity contribution in [1.29, 1.82) is 0 Å². The van der Waals surface area contributed by atoms with Gasteiger partial charge in [0, 0.05) is 24.9 Å². The molecule has 1 aromatic heterocycles. The van der Waals surface area contributed by atoms with Gasteiger partial charge >= 0.3 is 5.97 Å². The van der Waals surface area contributed by atoms with E-state index < -0.39 is 0 Å². The number of aromatic nitrogens is 1. The Balaban J connectivity index is 1.70. The Morgan fingerprint density at radius 1 is 1.65 bits per heavy atom. The lowest BCUT2D eigenvalue weighted by Crippen LogP contribution is -2.19. The first kappa shape index (κ1) is 15.3. The largest absolute Gasteiger partial charge is 0.466 e. The van der Waals surface area contributed by atoms with Gasteiger partial charge in [0.05, 0.1) is 18.7 Å². The molecular formula is C14H23N3O2S. The monoisotopic (exact) mass is 297 g/mol. The number of thiazole rings is 1. The number of rotatable bonds is 7. The van der Waals surface area contributed by atoms with Crippen LogP contribution in [0.2, 0.25) is 0 Å². The molecule has 0 radical (unpaired) electrons. The zero-order chi connectivity index (χ0) is 14.4. The molecule has 0 bridgehead atoms. The van der Waals surface area contributed by atoms with Gasteiger partial charge in [-0.15, -0.1) is 11.3 Å². The third-order valence-corrected chi connectivity index (χ3v) is 4.32. The van der Waals surface area contributed by atoms with E-state index in [1.54, 1.807) is 11.3 Å². The van der Waals surface area contributed by atoms with Gasteiger partial charge < -0.3 is 15.0 Å². The van der Waals surface area contributed by atoms with Crippen molar-refractivity contribution in [3.05, 3.63) is 11.1 Å². The predicted molar refractivity (Wildman–Crippen MR) is 81.2 cm³/mol. The number of aryl methyl sites for hydroxylation is 1. The summed E-state index contributed by atoms with van der Waals surface area (Å²) in [6, 6.07) is 0. The minimum Gasteiger partial charge on any atom is -0.466 e. The standard InChI is InChI=1S/C14H23N3O2S/c1-3-19-13(18)5-4-12-10-20-14(16-12)15-8-11-6-7-17(2)9-11/h10-11H,3-9H2,1-2H3,(H,15,16). The quantitative estimate of drug-likeness (QED) is 0.780. The van der Waals surface area contributed by atoms with E-state index in [0.29, 0.717) is 25.4 Å². The summed E-state index contributed by atoms with van der Waals surface area (Å²) in [5.74, 6) is 0.566. The number of carbonyl (C=O) groups is 1. The smallest absolute Gasteiger partial charge is 0.306 e. The van der Waals surface area contributed by atoms with Crippen LogP contribution in [0.25, 0.3) is 0 Å². The maximum absolute atomic E-state index is 11.3. The molecule has 1 aliphatic rings. The van der Waals surface area contributed by atoms with Crippen molar-refractivity contribution in [2.75, 3.05) is 38.6 Å². The number of ether oxygens (including phenoxy) is 1. The lowest BCUT2D eigenvalue weighted by molar-refractivity contribution is -0.143. The molecule has 1 unspecified atom stereocenters. The summed E-state index contributed by atoms with van der Waals surface area (Å²) in [5, 5.41) is 6.38. The normalized spacial score (nSPS) is 19.2. The van der Waals surface area contributed by atoms with Crippen LogP contribution in [0.15, 0.2) is 5.38 Å². The maximum atomic E-state index is 11.3. The van der Waals surface area contributed by atoms with E-state index in [2.05, 4.69) is 22.2 Å². The average Bonchev–Trinajstić information content (AvgIpc) is 3.03. The van der Waals surface area contributed by atoms with Gasteiger partial charge in [-0.25, -0.2) is 4.98 Å². The summed E-state index contributed by atoms with van der Waals surface area (Å²) in [6.45, 7) is 5.60. The number of hydrogen-bond donors (Lipinski definition) is 1. The second-order valence-corrected chi connectivity index (χ2v) is 6.10. The van der Waals surface area contributed by atoms with Crippen molar-refractivity contribution in [2.45, 2.75) is 26.2 Å². The lowest BCUT2D eigenvalue weighted by Gasteiger charge is -2.10. The Hall–Kier alpha value is -1.14. The van der Waals surface area contributed by atoms with Gasteiger partial charge in [0.15, 0.2) is 5.13 Å². The van der Waals surface area contributed by atoms with E-state index in [4.69, 9.17) is 4.74 Å². The molecular weight excluding hydrogens is 274 g/mol. The van der Waals surface area contributed by atoms with Gasteiger partial charge in [-0.3, -0.25) is 4.79 Å². The van der Waals surface area contributed by atoms with Crippen molar-refractivity contribution < 1.29 is 9.53 Å². The summed E-state index contributed by atoms with van der Waals surface area (Å²) in [4.78, 5) is 18.2. The summed E-state index contributed by atoms with van der Waals surface area (Å²) in [5.41, 5.74) is 0.967. The van der Waals surface area contributed by atoms with E-state index >= 15 is 0 Å². The third kappa shape index (κ3) is 4.76. The van der Waals surface area contributed by atoms with Gasteiger partial charge in [-0.1, -0.05) is 0 Å². The number of anilines is 1. The van der Waals surface area contributed by atoms with Crippen LogP contribution in [0.3, 0.4) is 0 Å². The van der Waals surface area contributed by atoms with Crippen LogP contribution in [0.4, 0.5) is 5.13 Å². The van der Waals surface area contributed by atoms with Gasteiger partial charge in [-0.05, 0) is 32.9 Å². The zero-order valence-electron chi connectivity index (χ0n) is 12.2. The molecule has 1 N–H and O–H groups in total. The SMILES string of the molecule is CCOC(=O)CCc1csc(NCC2CCN(C)C2)n1. The van der Waals surface area contributed by atoms with Crippen LogP contribution >= 0.6 is 11.3 Å². The summed E-state index contributed by atoms with van der Waals surface area (Å²) in [7, 11) is 2.16. The summed E-state index contributed by atoms with van der Waals surface area (Å²) < 4.78 is 4.91. The van der Waals surface area contributed by atoms with Gasteiger partial charge in [0.25, 0.3) is 0 Å². The Kier molecular flexibility index (Phi) is 5.79. The fourth-order valence-corrected chi connectivity index (χ4v) is 3.15. The van der Waals surface area contributed by atoms with Crippen molar-refractivity contribution in [2.24, 2.45) is 5.92 Å². The second kappa shape index (κ2) is 7.59. The number of hydrogen-bond acceptors (Lipinski definition) is 6. The van der Waals surface area contributed by atoms with Crippen LogP contribution in [0.1, 0.15) is 25.5 Å². The zero-order valence-corrected chi connectivity index (χ0v) is 13.0. The van der Waals surface area contributed by atoms with Crippen LogP contribution in [0, 0.1) is 5.92 Å². The number of esters is 1. The molecule has 2 rings (SSSR count). The molecule has 1 fully saturated rings. The average molecular weight is 297 g/mol. The molecule has 1 atom stereocenters.